The van der Waals surface area contributed by atoms with Crippen molar-refractivity contribution in [2.75, 3.05) is 36.9 Å². The zero-order valence-electron chi connectivity index (χ0n) is 18.0. The normalized spacial score (nSPS) is 14.2. The molecule has 2 heterocycles. The summed E-state index contributed by atoms with van der Waals surface area (Å²) < 4.78 is 5.40. The number of morpholine rings is 1. The summed E-state index contributed by atoms with van der Waals surface area (Å²) in [5.41, 5.74) is 4.44. The summed E-state index contributed by atoms with van der Waals surface area (Å²) in [5, 5.41) is 8.40. The lowest BCUT2D eigenvalue weighted by molar-refractivity contribution is -0.116. The first-order chi connectivity index (χ1) is 15.5. The van der Waals surface area contributed by atoms with Gasteiger partial charge in [-0.05, 0) is 29.8 Å². The fourth-order valence-corrected chi connectivity index (χ4v) is 4.33. The topological polar surface area (TPSA) is 83.6 Å². The molecule has 1 fully saturated rings. The van der Waals surface area contributed by atoms with Gasteiger partial charge in [-0.3, -0.25) is 14.5 Å². The van der Waals surface area contributed by atoms with Crippen molar-refractivity contribution in [1.29, 1.82) is 0 Å². The van der Waals surface area contributed by atoms with Crippen LogP contribution in [0.2, 0.25) is 0 Å². The number of nitrogens with one attached hydrogen (secondary N) is 2. The van der Waals surface area contributed by atoms with E-state index in [2.05, 4.69) is 44.8 Å². The molecule has 0 radical (unpaired) electrons. The minimum atomic E-state index is -0.132. The highest BCUT2D eigenvalue weighted by Gasteiger charge is 2.12. The van der Waals surface area contributed by atoms with Gasteiger partial charge in [-0.1, -0.05) is 24.3 Å². The van der Waals surface area contributed by atoms with Gasteiger partial charge in [-0.2, -0.15) is 0 Å². The van der Waals surface area contributed by atoms with E-state index < -0.39 is 0 Å². The summed E-state index contributed by atoms with van der Waals surface area (Å²) in [6.45, 7) is 5.93. The maximum Gasteiger partial charge on any atom is 0.230 e. The fraction of sp³-hybridized carbons (Fsp3) is 0.292. The van der Waals surface area contributed by atoms with E-state index in [0.717, 1.165) is 49.1 Å². The van der Waals surface area contributed by atoms with Crippen LogP contribution in [0, 0.1) is 0 Å². The summed E-state index contributed by atoms with van der Waals surface area (Å²) in [4.78, 5) is 30.5. The van der Waals surface area contributed by atoms with Crippen molar-refractivity contribution in [1.82, 2.24) is 9.88 Å². The van der Waals surface area contributed by atoms with Crippen molar-refractivity contribution < 1.29 is 14.3 Å². The van der Waals surface area contributed by atoms with Gasteiger partial charge in [-0.25, -0.2) is 4.98 Å². The molecule has 166 valence electrons. The number of carbonyl (C=O) groups excluding carboxylic acids is 2. The van der Waals surface area contributed by atoms with E-state index in [0.29, 0.717) is 11.4 Å². The summed E-state index contributed by atoms with van der Waals surface area (Å²) in [7, 11) is 0. The van der Waals surface area contributed by atoms with Crippen LogP contribution in [0.1, 0.15) is 18.2 Å². The summed E-state index contributed by atoms with van der Waals surface area (Å²) in [6.07, 6.45) is 0.207. The molecule has 2 amide bonds. The van der Waals surface area contributed by atoms with Crippen LogP contribution in [0.25, 0.3) is 10.6 Å². The van der Waals surface area contributed by atoms with Crippen LogP contribution in [-0.2, 0) is 27.3 Å². The van der Waals surface area contributed by atoms with Gasteiger partial charge in [0, 0.05) is 48.9 Å². The van der Waals surface area contributed by atoms with Gasteiger partial charge in [0.15, 0.2) is 0 Å². The molecule has 8 heteroatoms. The molecular formula is C24H26N4O3S. The Morgan fingerprint density at radius 1 is 1.00 bits per heavy atom. The number of benzene rings is 2. The fourth-order valence-electron chi connectivity index (χ4n) is 3.50. The van der Waals surface area contributed by atoms with E-state index in [1.165, 1.54) is 12.5 Å². The lowest BCUT2D eigenvalue weighted by Gasteiger charge is -2.26. The van der Waals surface area contributed by atoms with Crippen molar-refractivity contribution in [2.24, 2.45) is 0 Å². The SMILES string of the molecule is CC(=O)Nc1ccc(NC(=O)Cc2csc(-c3ccc(CN4CCOCC4)cc3)n2)cc1. The molecule has 0 atom stereocenters. The van der Waals surface area contributed by atoms with Crippen molar-refractivity contribution >= 4 is 34.5 Å². The molecule has 2 aromatic carbocycles. The first-order valence-electron chi connectivity index (χ1n) is 10.6. The van der Waals surface area contributed by atoms with Crippen LogP contribution in [0.5, 0.6) is 0 Å². The maximum atomic E-state index is 12.4. The summed E-state index contributed by atoms with van der Waals surface area (Å²) in [6, 6.07) is 15.5. The monoisotopic (exact) mass is 450 g/mol. The van der Waals surface area contributed by atoms with E-state index in [-0.39, 0.29) is 18.2 Å². The first kappa shape index (κ1) is 22.1. The molecule has 7 nitrogen and oxygen atoms in total. The third-order valence-electron chi connectivity index (χ3n) is 5.09. The predicted molar refractivity (Wildman–Crippen MR) is 127 cm³/mol. The van der Waals surface area contributed by atoms with E-state index in [4.69, 9.17) is 4.74 Å². The highest BCUT2D eigenvalue weighted by Crippen LogP contribution is 2.25. The summed E-state index contributed by atoms with van der Waals surface area (Å²) >= 11 is 1.54. The number of thiazole rings is 1. The molecule has 1 aromatic heterocycles. The lowest BCUT2D eigenvalue weighted by atomic mass is 10.1. The Bertz CT molecular complexity index is 1060. The van der Waals surface area contributed by atoms with Crippen molar-refractivity contribution in [3.63, 3.8) is 0 Å². The van der Waals surface area contributed by atoms with Crippen molar-refractivity contribution in [3.05, 3.63) is 65.2 Å². The number of hydrogen-bond acceptors (Lipinski definition) is 6. The predicted octanol–water partition coefficient (Wildman–Crippen LogP) is 3.78. The Morgan fingerprint density at radius 2 is 1.66 bits per heavy atom. The van der Waals surface area contributed by atoms with Crippen molar-refractivity contribution in [2.45, 2.75) is 19.9 Å². The Kier molecular flexibility index (Phi) is 7.26. The maximum absolute atomic E-state index is 12.4. The van der Waals surface area contributed by atoms with E-state index in [1.54, 1.807) is 35.6 Å². The van der Waals surface area contributed by atoms with E-state index >= 15 is 0 Å². The number of nitrogens with zero attached hydrogens (tertiary/aromatic N) is 2. The van der Waals surface area contributed by atoms with Gasteiger partial charge in [0.05, 0.1) is 25.3 Å². The minimum absolute atomic E-state index is 0.130. The third-order valence-corrected chi connectivity index (χ3v) is 6.03. The quantitative estimate of drug-likeness (QED) is 0.572. The zero-order chi connectivity index (χ0) is 22.3. The largest absolute Gasteiger partial charge is 0.379 e. The lowest BCUT2D eigenvalue weighted by Crippen LogP contribution is -2.35. The number of aromatic nitrogens is 1. The number of anilines is 2. The smallest absolute Gasteiger partial charge is 0.230 e. The second-order valence-electron chi connectivity index (χ2n) is 7.71. The average molecular weight is 451 g/mol. The van der Waals surface area contributed by atoms with Crippen LogP contribution in [0.3, 0.4) is 0 Å². The van der Waals surface area contributed by atoms with Gasteiger partial charge >= 0.3 is 0 Å². The molecule has 0 spiro atoms. The van der Waals surface area contributed by atoms with Gasteiger partial charge in [0.2, 0.25) is 11.8 Å². The standard InChI is InChI=1S/C24H26N4O3S/c1-17(29)25-20-6-8-21(9-7-20)26-23(30)14-22-16-32-24(27-22)19-4-2-18(3-5-19)15-28-10-12-31-13-11-28/h2-9,16H,10-15H2,1H3,(H,25,29)(H,26,30). The van der Waals surface area contributed by atoms with Crippen LogP contribution < -0.4 is 10.6 Å². The Hall–Kier alpha value is -3.07. The number of rotatable bonds is 7. The first-order valence-corrected chi connectivity index (χ1v) is 11.4. The molecule has 1 aliphatic heterocycles. The van der Waals surface area contributed by atoms with Crippen LogP contribution in [0.15, 0.2) is 53.9 Å². The number of ether oxygens (including phenoxy) is 1. The van der Waals surface area contributed by atoms with E-state index in [9.17, 15) is 9.59 Å². The second kappa shape index (κ2) is 10.5. The van der Waals surface area contributed by atoms with Gasteiger partial charge in [0.1, 0.15) is 5.01 Å². The number of carbonyl (C=O) groups is 2. The molecule has 0 aliphatic carbocycles. The third kappa shape index (κ3) is 6.23. The summed E-state index contributed by atoms with van der Waals surface area (Å²) in [5.74, 6) is -0.261. The van der Waals surface area contributed by atoms with Crippen LogP contribution in [-0.4, -0.2) is 48.0 Å². The second-order valence-corrected chi connectivity index (χ2v) is 8.57. The Balaban J connectivity index is 1.31. The number of hydrogen-bond donors (Lipinski definition) is 2. The molecule has 2 N–H and O–H groups in total. The van der Waals surface area contributed by atoms with Gasteiger partial charge in [0.25, 0.3) is 0 Å². The van der Waals surface area contributed by atoms with Gasteiger partial charge < -0.3 is 15.4 Å². The highest BCUT2D eigenvalue weighted by atomic mass is 32.1. The number of amides is 2. The van der Waals surface area contributed by atoms with Crippen LogP contribution >= 0.6 is 11.3 Å². The highest BCUT2D eigenvalue weighted by molar-refractivity contribution is 7.13. The molecule has 0 saturated carbocycles. The average Bonchev–Trinajstić information content (AvgIpc) is 3.24. The molecule has 0 unspecified atom stereocenters. The molecule has 1 aliphatic rings. The molecule has 0 bridgehead atoms. The molecule has 3 aromatic rings. The molecular weight excluding hydrogens is 424 g/mol. The van der Waals surface area contributed by atoms with Crippen molar-refractivity contribution in [3.8, 4) is 10.6 Å². The molecule has 1 saturated heterocycles. The molecule has 4 rings (SSSR count). The van der Waals surface area contributed by atoms with Gasteiger partial charge in [-0.15, -0.1) is 11.3 Å². The Morgan fingerprint density at radius 3 is 2.31 bits per heavy atom. The minimum Gasteiger partial charge on any atom is -0.379 e. The van der Waals surface area contributed by atoms with Crippen LogP contribution in [0.4, 0.5) is 11.4 Å². The van der Waals surface area contributed by atoms with E-state index in [1.807, 2.05) is 5.38 Å². The zero-order valence-corrected chi connectivity index (χ0v) is 18.8. The Labute approximate surface area is 191 Å². The molecule has 32 heavy (non-hydrogen) atoms.